The molecule has 0 spiro atoms. The third-order valence-corrected chi connectivity index (χ3v) is 6.77. The van der Waals surface area contributed by atoms with Crippen LogP contribution in [-0.4, -0.2) is 59.5 Å². The van der Waals surface area contributed by atoms with Crippen LogP contribution >= 0.6 is 0 Å². The van der Waals surface area contributed by atoms with Gasteiger partial charge in [-0.25, -0.2) is 14.4 Å². The van der Waals surface area contributed by atoms with Gasteiger partial charge < -0.3 is 24.8 Å². The average Bonchev–Trinajstić information content (AvgIpc) is 3.15. The summed E-state index contributed by atoms with van der Waals surface area (Å²) in [5.74, 6) is -1.02. The molecule has 8 nitrogen and oxygen atoms in total. The summed E-state index contributed by atoms with van der Waals surface area (Å²) in [4.78, 5) is 38.2. The first-order valence-electron chi connectivity index (χ1n) is 12.4. The van der Waals surface area contributed by atoms with Gasteiger partial charge in [0.15, 0.2) is 0 Å². The van der Waals surface area contributed by atoms with Crippen LogP contribution in [0.2, 0.25) is 0 Å². The lowest BCUT2D eigenvalue weighted by Gasteiger charge is -2.33. The minimum atomic E-state index is -1.10. The Balaban J connectivity index is 1.28. The number of likely N-dealkylation sites (tertiary alicyclic amines) is 1. The van der Waals surface area contributed by atoms with Crippen molar-refractivity contribution in [1.29, 1.82) is 0 Å². The van der Waals surface area contributed by atoms with Crippen LogP contribution in [-0.2, 0) is 14.3 Å². The standard InChI is InChI=1S/C28H34N2O6/c1-28(2,3)36-26(33)29-24(25(31)32)16-18-12-14-30(15-13-18)27(34)35-17-23-21-10-6-4-8-19(21)20-9-5-7-11-22(20)23/h4-11,18,23-24H,12-17H2,1-3H3,(H,29,33)(H,31,32)/t24-/m0/s1. The molecule has 36 heavy (non-hydrogen) atoms. The minimum Gasteiger partial charge on any atom is -0.480 e. The maximum absolute atomic E-state index is 12.8. The molecule has 8 heteroatoms. The average molecular weight is 495 g/mol. The van der Waals surface area contributed by atoms with E-state index >= 15 is 0 Å². The lowest BCUT2D eigenvalue weighted by Crippen LogP contribution is -2.46. The van der Waals surface area contributed by atoms with Crippen molar-refractivity contribution in [3.8, 4) is 11.1 Å². The fraction of sp³-hybridized carbons (Fsp3) is 0.464. The number of ether oxygens (including phenoxy) is 2. The lowest BCUT2D eigenvalue weighted by atomic mass is 9.90. The van der Waals surface area contributed by atoms with Gasteiger partial charge in [-0.05, 0) is 68.2 Å². The van der Waals surface area contributed by atoms with Crippen LogP contribution in [0.3, 0.4) is 0 Å². The number of rotatable bonds is 6. The van der Waals surface area contributed by atoms with E-state index in [0.29, 0.717) is 25.9 Å². The van der Waals surface area contributed by atoms with Gasteiger partial charge in [-0.1, -0.05) is 48.5 Å². The molecule has 1 atom stereocenters. The first-order valence-corrected chi connectivity index (χ1v) is 12.4. The van der Waals surface area contributed by atoms with Gasteiger partial charge in [-0.3, -0.25) is 0 Å². The number of nitrogens with one attached hydrogen (secondary N) is 1. The van der Waals surface area contributed by atoms with Gasteiger partial charge in [0.1, 0.15) is 18.2 Å². The maximum Gasteiger partial charge on any atom is 0.409 e. The van der Waals surface area contributed by atoms with Crippen molar-refractivity contribution < 1.29 is 29.0 Å². The number of hydrogen-bond donors (Lipinski definition) is 2. The van der Waals surface area contributed by atoms with E-state index in [-0.39, 0.29) is 31.0 Å². The van der Waals surface area contributed by atoms with Gasteiger partial charge >= 0.3 is 18.2 Å². The van der Waals surface area contributed by atoms with Crippen molar-refractivity contribution in [3.05, 3.63) is 59.7 Å². The molecule has 1 fully saturated rings. The van der Waals surface area contributed by atoms with Gasteiger partial charge in [0, 0.05) is 19.0 Å². The van der Waals surface area contributed by atoms with Gasteiger partial charge in [-0.15, -0.1) is 0 Å². The molecule has 0 bridgehead atoms. The smallest absolute Gasteiger partial charge is 0.409 e. The third-order valence-electron chi connectivity index (χ3n) is 6.77. The highest BCUT2D eigenvalue weighted by atomic mass is 16.6. The van der Waals surface area contributed by atoms with E-state index in [4.69, 9.17) is 9.47 Å². The number of piperidine rings is 1. The predicted octanol–water partition coefficient (Wildman–Crippen LogP) is 5.02. The first kappa shape index (κ1) is 25.5. The number of hydrogen-bond acceptors (Lipinski definition) is 5. The molecular weight excluding hydrogens is 460 g/mol. The second-order valence-corrected chi connectivity index (χ2v) is 10.5. The highest BCUT2D eigenvalue weighted by Gasteiger charge is 2.32. The van der Waals surface area contributed by atoms with Gasteiger partial charge in [0.25, 0.3) is 0 Å². The summed E-state index contributed by atoms with van der Waals surface area (Å²) >= 11 is 0. The maximum atomic E-state index is 12.8. The number of nitrogens with zero attached hydrogens (tertiary/aromatic N) is 1. The van der Waals surface area contributed by atoms with Crippen LogP contribution in [0.1, 0.15) is 57.1 Å². The Bertz CT molecular complexity index is 1070. The van der Waals surface area contributed by atoms with Gasteiger partial charge in [0.05, 0.1) is 0 Å². The fourth-order valence-corrected chi connectivity index (χ4v) is 5.04. The zero-order valence-electron chi connectivity index (χ0n) is 21.0. The number of benzene rings is 2. The van der Waals surface area contributed by atoms with Gasteiger partial charge in [0.2, 0.25) is 0 Å². The van der Waals surface area contributed by atoms with E-state index in [1.807, 2.05) is 24.3 Å². The largest absolute Gasteiger partial charge is 0.480 e. The van der Waals surface area contributed by atoms with Crippen molar-refractivity contribution in [1.82, 2.24) is 10.2 Å². The summed E-state index contributed by atoms with van der Waals surface area (Å²) in [5.41, 5.74) is 4.00. The summed E-state index contributed by atoms with van der Waals surface area (Å²) in [7, 11) is 0. The third kappa shape index (κ3) is 5.98. The molecule has 0 radical (unpaired) electrons. The monoisotopic (exact) mass is 494 g/mol. The van der Waals surface area contributed by atoms with E-state index in [1.54, 1.807) is 25.7 Å². The summed E-state index contributed by atoms with van der Waals surface area (Å²) in [6, 6.07) is 15.4. The number of fused-ring (bicyclic) bond motifs is 3. The summed E-state index contributed by atoms with van der Waals surface area (Å²) in [5, 5.41) is 12.0. The van der Waals surface area contributed by atoms with E-state index in [1.165, 1.54) is 22.3 Å². The molecule has 0 unspecified atom stereocenters. The van der Waals surface area contributed by atoms with Crippen LogP contribution in [0, 0.1) is 5.92 Å². The molecule has 1 saturated heterocycles. The molecule has 0 aromatic heterocycles. The van der Waals surface area contributed by atoms with Crippen molar-refractivity contribution in [2.75, 3.05) is 19.7 Å². The Morgan fingerprint density at radius 1 is 1.00 bits per heavy atom. The fourth-order valence-electron chi connectivity index (χ4n) is 5.04. The molecule has 1 aliphatic carbocycles. The minimum absolute atomic E-state index is 0.00847. The number of carboxylic acid groups (broad SMARTS) is 1. The zero-order chi connectivity index (χ0) is 25.9. The molecule has 2 amide bonds. The summed E-state index contributed by atoms with van der Waals surface area (Å²) in [6.07, 6.45) is 0.476. The molecular formula is C28H34N2O6. The van der Waals surface area contributed by atoms with Crippen molar-refractivity contribution in [2.45, 2.75) is 57.6 Å². The highest BCUT2D eigenvalue weighted by Crippen LogP contribution is 2.44. The Kier molecular flexibility index (Phi) is 7.52. The Morgan fingerprint density at radius 3 is 2.08 bits per heavy atom. The van der Waals surface area contributed by atoms with Gasteiger partial charge in [-0.2, -0.15) is 0 Å². The topological polar surface area (TPSA) is 105 Å². The number of carbonyl (C=O) groups is 3. The van der Waals surface area contributed by atoms with Crippen LogP contribution in [0.4, 0.5) is 9.59 Å². The molecule has 1 heterocycles. The Morgan fingerprint density at radius 2 is 1.56 bits per heavy atom. The SMILES string of the molecule is CC(C)(C)OC(=O)N[C@@H](CC1CCN(C(=O)OCC2c3ccccc3-c3ccccc32)CC1)C(=O)O. The molecule has 0 saturated carbocycles. The zero-order valence-corrected chi connectivity index (χ0v) is 21.0. The molecule has 2 aliphatic rings. The number of carbonyl (C=O) groups excluding carboxylic acids is 2. The first-order chi connectivity index (χ1) is 17.1. The molecule has 2 aromatic rings. The number of carboxylic acids is 1. The van der Waals surface area contributed by atoms with Crippen LogP contribution in [0.5, 0.6) is 0 Å². The Labute approximate surface area is 211 Å². The van der Waals surface area contributed by atoms with E-state index in [0.717, 1.165) is 0 Å². The normalized spacial score (nSPS) is 16.6. The summed E-state index contributed by atoms with van der Waals surface area (Å²) in [6.45, 7) is 6.41. The van der Waals surface area contributed by atoms with E-state index in [2.05, 4.69) is 29.6 Å². The van der Waals surface area contributed by atoms with Crippen molar-refractivity contribution >= 4 is 18.2 Å². The molecule has 2 N–H and O–H groups in total. The quantitative estimate of drug-likeness (QED) is 0.585. The van der Waals surface area contributed by atoms with Crippen LogP contribution < -0.4 is 5.32 Å². The van der Waals surface area contributed by atoms with Crippen LogP contribution in [0.25, 0.3) is 11.1 Å². The molecule has 4 rings (SSSR count). The lowest BCUT2D eigenvalue weighted by molar-refractivity contribution is -0.140. The highest BCUT2D eigenvalue weighted by molar-refractivity contribution is 5.80. The molecule has 192 valence electrons. The second-order valence-electron chi connectivity index (χ2n) is 10.5. The second kappa shape index (κ2) is 10.6. The molecule has 1 aliphatic heterocycles. The van der Waals surface area contributed by atoms with Crippen LogP contribution in [0.15, 0.2) is 48.5 Å². The number of alkyl carbamates (subject to hydrolysis) is 1. The van der Waals surface area contributed by atoms with Crippen molar-refractivity contribution in [3.63, 3.8) is 0 Å². The number of aliphatic carboxylic acids is 1. The Hall–Kier alpha value is -3.55. The number of amides is 2. The van der Waals surface area contributed by atoms with E-state index < -0.39 is 23.7 Å². The van der Waals surface area contributed by atoms with Crippen molar-refractivity contribution in [2.24, 2.45) is 5.92 Å². The molecule has 2 aromatic carbocycles. The van der Waals surface area contributed by atoms with E-state index in [9.17, 15) is 19.5 Å². The predicted molar refractivity (Wildman–Crippen MR) is 135 cm³/mol. The summed E-state index contributed by atoms with van der Waals surface area (Å²) < 4.78 is 10.9.